The maximum absolute atomic E-state index is 10.1. The van der Waals surface area contributed by atoms with Crippen LogP contribution in [0.5, 0.6) is 0 Å². The minimum Gasteiger partial charge on any atom is -0.392 e. The van der Waals surface area contributed by atoms with Crippen LogP contribution in [-0.4, -0.2) is 11.2 Å². The highest BCUT2D eigenvalue weighted by Crippen LogP contribution is 2.33. The molecule has 0 aliphatic heterocycles. The van der Waals surface area contributed by atoms with Crippen molar-refractivity contribution >= 4 is 21.4 Å². The third kappa shape index (κ3) is 1.76. The fraction of sp³-hybridized carbons (Fsp3) is 0.429. The predicted octanol–water partition coefficient (Wildman–Crippen LogP) is 3.60. The molecule has 0 amide bonds. The third-order valence-electron chi connectivity index (χ3n) is 3.68. The minimum atomic E-state index is -0.133. The normalized spacial score (nSPS) is 18.6. The van der Waals surface area contributed by atoms with E-state index in [1.54, 1.807) is 11.3 Å². The highest BCUT2D eigenvalue weighted by molar-refractivity contribution is 7.17. The molecule has 1 unspecified atom stereocenters. The molecule has 1 nitrogen and oxygen atoms in total. The van der Waals surface area contributed by atoms with Crippen molar-refractivity contribution < 1.29 is 5.11 Å². The van der Waals surface area contributed by atoms with Gasteiger partial charge in [0.15, 0.2) is 0 Å². The molecule has 1 heterocycles. The van der Waals surface area contributed by atoms with E-state index in [0.29, 0.717) is 5.92 Å². The molecule has 2 heteroatoms. The zero-order chi connectivity index (χ0) is 11.0. The molecule has 0 spiro atoms. The van der Waals surface area contributed by atoms with Gasteiger partial charge in [0.25, 0.3) is 0 Å². The number of hydrogen-bond acceptors (Lipinski definition) is 2. The van der Waals surface area contributed by atoms with Crippen molar-refractivity contribution in [1.82, 2.24) is 0 Å². The Hall–Kier alpha value is -0.860. The van der Waals surface area contributed by atoms with E-state index >= 15 is 0 Å². The third-order valence-corrected chi connectivity index (χ3v) is 4.70. The van der Waals surface area contributed by atoms with Gasteiger partial charge in [0, 0.05) is 11.1 Å². The molecule has 1 atom stereocenters. The van der Waals surface area contributed by atoms with Gasteiger partial charge in [0.05, 0.1) is 6.10 Å². The van der Waals surface area contributed by atoms with E-state index < -0.39 is 0 Å². The van der Waals surface area contributed by atoms with Crippen molar-refractivity contribution in [2.24, 2.45) is 5.92 Å². The number of thiophene rings is 1. The maximum Gasteiger partial charge on any atom is 0.0609 e. The Kier molecular flexibility index (Phi) is 2.70. The Labute approximate surface area is 99.7 Å². The van der Waals surface area contributed by atoms with E-state index in [0.717, 1.165) is 6.42 Å². The Morgan fingerprint density at radius 3 is 2.88 bits per heavy atom. The van der Waals surface area contributed by atoms with Gasteiger partial charge in [0.1, 0.15) is 0 Å². The quantitative estimate of drug-likeness (QED) is 0.857. The molecule has 1 N–H and O–H groups in total. The van der Waals surface area contributed by atoms with Crippen LogP contribution >= 0.6 is 11.3 Å². The largest absolute Gasteiger partial charge is 0.392 e. The summed E-state index contributed by atoms with van der Waals surface area (Å²) in [5, 5.41) is 13.6. The van der Waals surface area contributed by atoms with E-state index in [1.165, 1.54) is 34.9 Å². The first kappa shape index (κ1) is 10.3. The van der Waals surface area contributed by atoms with Crippen molar-refractivity contribution in [3.63, 3.8) is 0 Å². The van der Waals surface area contributed by atoms with E-state index in [-0.39, 0.29) is 6.10 Å². The van der Waals surface area contributed by atoms with Gasteiger partial charge >= 0.3 is 0 Å². The molecule has 2 aromatic rings. The number of fused-ring (bicyclic) bond motifs is 1. The first-order chi connectivity index (χ1) is 7.84. The smallest absolute Gasteiger partial charge is 0.0609 e. The predicted molar refractivity (Wildman–Crippen MR) is 68.9 cm³/mol. The van der Waals surface area contributed by atoms with Gasteiger partial charge < -0.3 is 5.11 Å². The summed E-state index contributed by atoms with van der Waals surface area (Å²) in [7, 11) is 0. The highest BCUT2D eigenvalue weighted by atomic mass is 32.1. The summed E-state index contributed by atoms with van der Waals surface area (Å²) in [6, 6.07) is 8.47. The van der Waals surface area contributed by atoms with Crippen LogP contribution in [0.3, 0.4) is 0 Å². The molecule has 0 saturated heterocycles. The van der Waals surface area contributed by atoms with Crippen molar-refractivity contribution in [2.45, 2.75) is 31.8 Å². The van der Waals surface area contributed by atoms with Crippen molar-refractivity contribution in [1.29, 1.82) is 0 Å². The molecule has 1 aliphatic carbocycles. The number of benzene rings is 1. The summed E-state index contributed by atoms with van der Waals surface area (Å²) in [6.45, 7) is 0. The van der Waals surface area contributed by atoms with Crippen molar-refractivity contribution in [3.05, 3.63) is 35.2 Å². The number of rotatable bonds is 3. The van der Waals surface area contributed by atoms with E-state index in [2.05, 4.69) is 29.6 Å². The number of aliphatic hydroxyl groups is 1. The SMILES string of the molecule is OC(Cc1csc2ccccc12)C1CCC1. The van der Waals surface area contributed by atoms with E-state index in [1.807, 2.05) is 0 Å². The van der Waals surface area contributed by atoms with Gasteiger partial charge in [-0.15, -0.1) is 11.3 Å². The van der Waals surface area contributed by atoms with Gasteiger partial charge in [-0.3, -0.25) is 0 Å². The summed E-state index contributed by atoms with van der Waals surface area (Å²) < 4.78 is 1.33. The average molecular weight is 232 g/mol. The van der Waals surface area contributed by atoms with Crippen LogP contribution < -0.4 is 0 Å². The molecule has 1 aliphatic rings. The summed E-state index contributed by atoms with van der Waals surface area (Å²) in [5.41, 5.74) is 1.32. The molecule has 1 aromatic heterocycles. The first-order valence-corrected chi connectivity index (χ1v) is 6.86. The Morgan fingerprint density at radius 2 is 2.12 bits per heavy atom. The molecule has 1 aromatic carbocycles. The lowest BCUT2D eigenvalue weighted by atomic mass is 9.79. The lowest BCUT2D eigenvalue weighted by Gasteiger charge is -2.30. The monoisotopic (exact) mass is 232 g/mol. The summed E-state index contributed by atoms with van der Waals surface area (Å²) in [4.78, 5) is 0. The van der Waals surface area contributed by atoms with Crippen LogP contribution in [0.2, 0.25) is 0 Å². The second-order valence-electron chi connectivity index (χ2n) is 4.72. The molecule has 16 heavy (non-hydrogen) atoms. The summed E-state index contributed by atoms with van der Waals surface area (Å²) >= 11 is 1.78. The number of hydrogen-bond donors (Lipinski definition) is 1. The Balaban J connectivity index is 1.83. The highest BCUT2D eigenvalue weighted by Gasteiger charge is 2.26. The molecular weight excluding hydrogens is 216 g/mol. The van der Waals surface area contributed by atoms with Gasteiger partial charge in [-0.1, -0.05) is 24.6 Å². The van der Waals surface area contributed by atoms with E-state index in [9.17, 15) is 5.11 Å². The second kappa shape index (κ2) is 4.19. The van der Waals surface area contributed by atoms with Crippen molar-refractivity contribution in [2.75, 3.05) is 0 Å². The molecule has 0 bridgehead atoms. The van der Waals surface area contributed by atoms with Crippen LogP contribution in [0, 0.1) is 5.92 Å². The molecule has 1 fully saturated rings. The lowest BCUT2D eigenvalue weighted by Crippen LogP contribution is -2.28. The lowest BCUT2D eigenvalue weighted by molar-refractivity contribution is 0.0633. The fourth-order valence-electron chi connectivity index (χ4n) is 2.41. The zero-order valence-corrected chi connectivity index (χ0v) is 10.0. The minimum absolute atomic E-state index is 0.133. The van der Waals surface area contributed by atoms with E-state index in [4.69, 9.17) is 0 Å². The second-order valence-corrected chi connectivity index (χ2v) is 5.63. The van der Waals surface area contributed by atoms with Crippen LogP contribution in [-0.2, 0) is 6.42 Å². The fourth-order valence-corrected chi connectivity index (χ4v) is 3.38. The van der Waals surface area contributed by atoms with Gasteiger partial charge in [-0.2, -0.15) is 0 Å². The topological polar surface area (TPSA) is 20.2 Å². The van der Waals surface area contributed by atoms with Gasteiger partial charge in [-0.25, -0.2) is 0 Å². The van der Waals surface area contributed by atoms with Gasteiger partial charge in [0.2, 0.25) is 0 Å². The first-order valence-electron chi connectivity index (χ1n) is 5.98. The molecular formula is C14H16OS. The molecule has 1 saturated carbocycles. The van der Waals surface area contributed by atoms with Gasteiger partial charge in [-0.05, 0) is 41.2 Å². The zero-order valence-electron chi connectivity index (χ0n) is 9.23. The van der Waals surface area contributed by atoms with Crippen LogP contribution in [0.4, 0.5) is 0 Å². The molecule has 0 radical (unpaired) electrons. The van der Waals surface area contributed by atoms with Crippen LogP contribution in [0.1, 0.15) is 24.8 Å². The average Bonchev–Trinajstić information content (AvgIpc) is 2.59. The molecule has 3 rings (SSSR count). The maximum atomic E-state index is 10.1. The van der Waals surface area contributed by atoms with Crippen LogP contribution in [0.25, 0.3) is 10.1 Å². The summed E-state index contributed by atoms with van der Waals surface area (Å²) in [6.07, 6.45) is 4.42. The standard InChI is InChI=1S/C14H16OS/c15-13(10-4-3-5-10)8-11-9-16-14-7-2-1-6-12(11)14/h1-2,6-7,9-10,13,15H,3-5,8H2. The Morgan fingerprint density at radius 1 is 1.31 bits per heavy atom. The molecule has 84 valence electrons. The Bertz CT molecular complexity index is 484. The van der Waals surface area contributed by atoms with Crippen molar-refractivity contribution in [3.8, 4) is 0 Å². The number of aliphatic hydroxyl groups excluding tert-OH is 1. The van der Waals surface area contributed by atoms with Crippen LogP contribution in [0.15, 0.2) is 29.6 Å². The summed E-state index contributed by atoms with van der Waals surface area (Å²) in [5.74, 6) is 0.554.